The Labute approximate surface area is 94.4 Å². The predicted molar refractivity (Wildman–Crippen MR) is 51.4 cm³/mol. The molecule has 0 saturated carbocycles. The molecule has 0 radical (unpaired) electrons. The van der Waals surface area contributed by atoms with Crippen molar-refractivity contribution in [1.29, 1.82) is 0 Å². The van der Waals surface area contributed by atoms with E-state index in [-0.39, 0.29) is 13.0 Å². The van der Waals surface area contributed by atoms with Gasteiger partial charge in [0.25, 0.3) is 0 Å². The van der Waals surface area contributed by atoms with Crippen LogP contribution in [0.25, 0.3) is 0 Å². The van der Waals surface area contributed by atoms with Crippen LogP contribution in [-0.2, 0) is 0 Å². The van der Waals surface area contributed by atoms with Gasteiger partial charge in [0.05, 0.1) is 0 Å². The fourth-order valence-corrected chi connectivity index (χ4v) is 1.43. The average molecular weight is 254 g/mol. The van der Waals surface area contributed by atoms with E-state index in [0.717, 1.165) is 0 Å². The minimum atomic E-state index is -2.19. The van der Waals surface area contributed by atoms with Crippen LogP contribution in [-0.4, -0.2) is 6.54 Å². The molecule has 0 spiro atoms. The van der Waals surface area contributed by atoms with E-state index >= 15 is 0 Å². The maximum Gasteiger partial charge on any atom is 0.200 e. The first kappa shape index (κ1) is 13.9. The van der Waals surface area contributed by atoms with E-state index in [4.69, 9.17) is 11.5 Å². The van der Waals surface area contributed by atoms with Gasteiger partial charge in [-0.1, -0.05) is 0 Å². The minimum absolute atomic E-state index is 0.0366. The first-order valence-electron chi connectivity index (χ1n) is 4.88. The van der Waals surface area contributed by atoms with Gasteiger partial charge in [0.15, 0.2) is 23.3 Å². The van der Waals surface area contributed by atoms with E-state index in [1.54, 1.807) is 0 Å². The standard InChI is InChI=1S/C10H11F5N2/c11-6-5(4(17)2-1-3-16)7(12)9(14)10(15)8(6)13/h4H,1-3,16-17H2/t4-/m1/s1. The van der Waals surface area contributed by atoms with Gasteiger partial charge in [0, 0.05) is 11.6 Å². The second-order valence-corrected chi connectivity index (χ2v) is 3.52. The lowest BCUT2D eigenvalue weighted by Gasteiger charge is -2.14. The van der Waals surface area contributed by atoms with Gasteiger partial charge in [-0.05, 0) is 19.4 Å². The van der Waals surface area contributed by atoms with Crippen molar-refractivity contribution in [2.75, 3.05) is 6.54 Å². The summed E-state index contributed by atoms with van der Waals surface area (Å²) in [5, 5.41) is 0. The number of hydrogen-bond donors (Lipinski definition) is 2. The Hall–Kier alpha value is -1.21. The quantitative estimate of drug-likeness (QED) is 0.491. The third-order valence-electron chi connectivity index (χ3n) is 2.33. The Morgan fingerprint density at radius 3 is 1.65 bits per heavy atom. The SMILES string of the molecule is NCCC[C@@H](N)c1c(F)c(F)c(F)c(F)c1F. The van der Waals surface area contributed by atoms with Crippen LogP contribution in [0.4, 0.5) is 22.0 Å². The molecule has 0 saturated heterocycles. The summed E-state index contributed by atoms with van der Waals surface area (Å²) in [6.07, 6.45) is 0.357. The lowest BCUT2D eigenvalue weighted by Crippen LogP contribution is -2.19. The van der Waals surface area contributed by atoms with Crippen molar-refractivity contribution in [3.05, 3.63) is 34.6 Å². The largest absolute Gasteiger partial charge is 0.330 e. The molecule has 0 fully saturated rings. The molecule has 0 heterocycles. The van der Waals surface area contributed by atoms with E-state index in [2.05, 4.69) is 0 Å². The second-order valence-electron chi connectivity index (χ2n) is 3.52. The van der Waals surface area contributed by atoms with Crippen molar-refractivity contribution in [3.63, 3.8) is 0 Å². The second kappa shape index (κ2) is 5.42. The molecule has 1 rings (SSSR count). The Morgan fingerprint density at radius 2 is 1.24 bits per heavy atom. The Bertz CT molecular complexity index is 393. The lowest BCUT2D eigenvalue weighted by atomic mass is 10.0. The molecule has 0 amide bonds. The summed E-state index contributed by atoms with van der Waals surface area (Å²) < 4.78 is 64.9. The summed E-state index contributed by atoms with van der Waals surface area (Å²) in [6, 6.07) is -1.27. The average Bonchev–Trinajstić information content (AvgIpc) is 2.31. The number of hydrogen-bond acceptors (Lipinski definition) is 2. The molecule has 0 aliphatic rings. The van der Waals surface area contributed by atoms with Crippen molar-refractivity contribution in [1.82, 2.24) is 0 Å². The Balaban J connectivity index is 3.24. The molecule has 2 nitrogen and oxygen atoms in total. The van der Waals surface area contributed by atoms with Gasteiger partial charge in [-0.25, -0.2) is 22.0 Å². The van der Waals surface area contributed by atoms with Crippen molar-refractivity contribution < 1.29 is 22.0 Å². The molecule has 1 atom stereocenters. The van der Waals surface area contributed by atoms with E-state index in [9.17, 15) is 22.0 Å². The molecular weight excluding hydrogens is 243 g/mol. The zero-order chi connectivity index (χ0) is 13.2. The summed E-state index contributed by atoms with van der Waals surface area (Å²) >= 11 is 0. The van der Waals surface area contributed by atoms with Crippen LogP contribution in [0.3, 0.4) is 0 Å². The summed E-state index contributed by atoms with van der Waals surface area (Å²) in [5.74, 6) is -9.92. The fraction of sp³-hybridized carbons (Fsp3) is 0.400. The number of nitrogens with two attached hydrogens (primary N) is 2. The summed E-state index contributed by atoms with van der Waals surface area (Å²) in [4.78, 5) is 0. The van der Waals surface area contributed by atoms with Crippen molar-refractivity contribution in [3.8, 4) is 0 Å². The van der Waals surface area contributed by atoms with E-state index < -0.39 is 40.7 Å². The normalized spacial score (nSPS) is 12.9. The molecule has 4 N–H and O–H groups in total. The van der Waals surface area contributed by atoms with Crippen LogP contribution in [0.2, 0.25) is 0 Å². The molecule has 0 bridgehead atoms. The Morgan fingerprint density at radius 1 is 0.824 bits per heavy atom. The van der Waals surface area contributed by atoms with Crippen LogP contribution in [0.1, 0.15) is 24.4 Å². The van der Waals surface area contributed by atoms with Gasteiger partial charge < -0.3 is 11.5 Å². The van der Waals surface area contributed by atoms with E-state index in [1.807, 2.05) is 0 Å². The first-order valence-corrected chi connectivity index (χ1v) is 4.88. The van der Waals surface area contributed by atoms with E-state index in [1.165, 1.54) is 0 Å². The monoisotopic (exact) mass is 254 g/mol. The highest BCUT2D eigenvalue weighted by molar-refractivity contribution is 5.26. The molecule has 0 aromatic heterocycles. The summed E-state index contributed by atoms with van der Waals surface area (Å²) in [5.41, 5.74) is 9.55. The summed E-state index contributed by atoms with van der Waals surface area (Å²) in [6.45, 7) is 0.211. The molecule has 17 heavy (non-hydrogen) atoms. The topological polar surface area (TPSA) is 52.0 Å². The molecule has 1 aromatic carbocycles. The first-order chi connectivity index (χ1) is 7.91. The fourth-order valence-electron chi connectivity index (χ4n) is 1.43. The highest BCUT2D eigenvalue weighted by Gasteiger charge is 2.28. The minimum Gasteiger partial charge on any atom is -0.330 e. The van der Waals surface area contributed by atoms with Crippen LogP contribution >= 0.6 is 0 Å². The molecule has 7 heteroatoms. The molecule has 1 aromatic rings. The van der Waals surface area contributed by atoms with Crippen molar-refractivity contribution in [2.45, 2.75) is 18.9 Å². The summed E-state index contributed by atoms with van der Waals surface area (Å²) in [7, 11) is 0. The van der Waals surface area contributed by atoms with Gasteiger partial charge in [-0.2, -0.15) is 0 Å². The maximum atomic E-state index is 13.2. The van der Waals surface area contributed by atoms with Gasteiger partial charge in [-0.15, -0.1) is 0 Å². The van der Waals surface area contributed by atoms with Crippen LogP contribution in [0.15, 0.2) is 0 Å². The molecule has 96 valence electrons. The Kier molecular flexibility index (Phi) is 4.41. The van der Waals surface area contributed by atoms with Gasteiger partial charge in [0.2, 0.25) is 5.82 Å². The van der Waals surface area contributed by atoms with Gasteiger partial charge in [-0.3, -0.25) is 0 Å². The van der Waals surface area contributed by atoms with Crippen LogP contribution in [0, 0.1) is 29.1 Å². The van der Waals surface area contributed by atoms with Crippen LogP contribution in [0.5, 0.6) is 0 Å². The third kappa shape index (κ3) is 2.55. The third-order valence-corrected chi connectivity index (χ3v) is 2.33. The molecule has 0 aliphatic carbocycles. The highest BCUT2D eigenvalue weighted by Crippen LogP contribution is 2.28. The van der Waals surface area contributed by atoms with Gasteiger partial charge >= 0.3 is 0 Å². The highest BCUT2D eigenvalue weighted by atomic mass is 19.2. The molecule has 0 unspecified atom stereocenters. The number of benzene rings is 1. The van der Waals surface area contributed by atoms with E-state index in [0.29, 0.717) is 6.42 Å². The molecule has 0 aliphatic heterocycles. The van der Waals surface area contributed by atoms with Crippen molar-refractivity contribution >= 4 is 0 Å². The van der Waals surface area contributed by atoms with Gasteiger partial charge in [0.1, 0.15) is 0 Å². The lowest BCUT2D eigenvalue weighted by molar-refractivity contribution is 0.361. The van der Waals surface area contributed by atoms with Crippen LogP contribution < -0.4 is 11.5 Å². The van der Waals surface area contributed by atoms with Crippen molar-refractivity contribution in [2.24, 2.45) is 11.5 Å². The number of halogens is 5. The molecular formula is C10H11F5N2. The maximum absolute atomic E-state index is 13.2. The zero-order valence-corrected chi connectivity index (χ0v) is 8.74. The predicted octanol–water partition coefficient (Wildman–Crippen LogP) is 2.12. The zero-order valence-electron chi connectivity index (χ0n) is 8.74. The smallest absolute Gasteiger partial charge is 0.200 e. The number of rotatable bonds is 4.